The summed E-state index contributed by atoms with van der Waals surface area (Å²) in [5.41, 5.74) is 0. The Balaban J connectivity index is 2.14. The molecule has 1 aromatic heterocycles. The van der Waals surface area contributed by atoms with Gasteiger partial charge in [0.25, 0.3) is 0 Å². The topological polar surface area (TPSA) is 77.8 Å². The van der Waals surface area contributed by atoms with Crippen molar-refractivity contribution in [2.45, 2.75) is 11.3 Å². The van der Waals surface area contributed by atoms with Crippen LogP contribution in [0, 0.1) is 0 Å². The molecule has 114 valence electrons. The zero-order valence-corrected chi connectivity index (χ0v) is 12.6. The molecule has 0 amide bonds. The number of furan rings is 1. The lowest BCUT2D eigenvalue weighted by Gasteiger charge is -2.11. The van der Waals surface area contributed by atoms with E-state index >= 15 is 0 Å². The Morgan fingerprint density at radius 3 is 2.62 bits per heavy atom. The Kier molecular flexibility index (Phi) is 4.87. The minimum absolute atomic E-state index is 0.0452. The third kappa shape index (κ3) is 3.77. The molecule has 0 aliphatic carbocycles. The van der Waals surface area contributed by atoms with E-state index in [-0.39, 0.29) is 17.2 Å². The molecule has 0 aliphatic heterocycles. The largest absolute Gasteiger partial charge is 0.497 e. The highest BCUT2D eigenvalue weighted by atomic mass is 32.2. The van der Waals surface area contributed by atoms with Gasteiger partial charge in [-0.25, -0.2) is 13.1 Å². The van der Waals surface area contributed by atoms with Crippen molar-refractivity contribution in [1.82, 2.24) is 4.72 Å². The van der Waals surface area contributed by atoms with Gasteiger partial charge in [-0.15, -0.1) is 0 Å². The minimum atomic E-state index is -3.69. The van der Waals surface area contributed by atoms with Crippen LogP contribution in [-0.4, -0.2) is 29.2 Å². The average molecular weight is 311 g/mol. The molecule has 0 saturated heterocycles. The maximum atomic E-state index is 12.3. The third-order valence-corrected chi connectivity index (χ3v) is 4.39. The molecule has 6 nitrogen and oxygen atoms in total. The van der Waals surface area contributed by atoms with Crippen LogP contribution < -0.4 is 14.2 Å². The Morgan fingerprint density at radius 2 is 2.00 bits per heavy atom. The van der Waals surface area contributed by atoms with Crippen LogP contribution >= 0.6 is 0 Å². The number of ether oxygens (including phenoxy) is 2. The summed E-state index contributed by atoms with van der Waals surface area (Å²) in [6.07, 6.45) is 2.02. The zero-order valence-electron chi connectivity index (χ0n) is 11.8. The van der Waals surface area contributed by atoms with E-state index < -0.39 is 10.0 Å². The average Bonchev–Trinajstić information content (AvgIpc) is 2.99. The fourth-order valence-corrected chi connectivity index (χ4v) is 3.05. The van der Waals surface area contributed by atoms with E-state index in [1.807, 2.05) is 0 Å². The zero-order chi connectivity index (χ0) is 15.3. The summed E-state index contributed by atoms with van der Waals surface area (Å²) in [6.45, 7) is 0.232. The highest BCUT2D eigenvalue weighted by Gasteiger charge is 2.20. The highest BCUT2D eigenvalue weighted by molar-refractivity contribution is 7.89. The Hall–Kier alpha value is -1.99. The molecular formula is C14H17NO5S. The van der Waals surface area contributed by atoms with Crippen LogP contribution in [0.3, 0.4) is 0 Å². The lowest BCUT2D eigenvalue weighted by Crippen LogP contribution is -2.26. The molecule has 2 aromatic rings. The Bertz CT molecular complexity index is 679. The lowest BCUT2D eigenvalue weighted by atomic mass is 10.3. The number of hydrogen-bond acceptors (Lipinski definition) is 5. The van der Waals surface area contributed by atoms with Crippen molar-refractivity contribution in [2.75, 3.05) is 20.8 Å². The molecule has 21 heavy (non-hydrogen) atoms. The summed E-state index contributed by atoms with van der Waals surface area (Å²) in [5, 5.41) is 0. The van der Waals surface area contributed by atoms with Crippen molar-refractivity contribution >= 4 is 10.0 Å². The molecule has 0 bridgehead atoms. The van der Waals surface area contributed by atoms with Crippen LogP contribution in [0.5, 0.6) is 11.5 Å². The summed E-state index contributed by atoms with van der Waals surface area (Å²) < 4.78 is 42.5. The van der Waals surface area contributed by atoms with Gasteiger partial charge in [0.1, 0.15) is 22.2 Å². The summed E-state index contributed by atoms with van der Waals surface area (Å²) >= 11 is 0. The van der Waals surface area contributed by atoms with Crippen molar-refractivity contribution in [3.63, 3.8) is 0 Å². The maximum Gasteiger partial charge on any atom is 0.244 e. The molecule has 0 fully saturated rings. The molecule has 0 saturated carbocycles. The predicted molar refractivity (Wildman–Crippen MR) is 77.1 cm³/mol. The predicted octanol–water partition coefficient (Wildman–Crippen LogP) is 1.82. The first-order chi connectivity index (χ1) is 10.1. The second-order valence-electron chi connectivity index (χ2n) is 4.24. The van der Waals surface area contributed by atoms with Gasteiger partial charge in [-0.05, 0) is 24.3 Å². The number of nitrogens with one attached hydrogen (secondary N) is 1. The molecule has 1 N–H and O–H groups in total. The van der Waals surface area contributed by atoms with Crippen molar-refractivity contribution in [3.8, 4) is 11.5 Å². The van der Waals surface area contributed by atoms with Crippen LogP contribution in [0.4, 0.5) is 0 Å². The normalized spacial score (nSPS) is 11.3. The van der Waals surface area contributed by atoms with Gasteiger partial charge in [0.05, 0.1) is 20.5 Å². The van der Waals surface area contributed by atoms with Crippen LogP contribution in [0.1, 0.15) is 5.76 Å². The van der Waals surface area contributed by atoms with Crippen molar-refractivity contribution in [2.24, 2.45) is 0 Å². The van der Waals surface area contributed by atoms with E-state index in [0.717, 1.165) is 5.76 Å². The quantitative estimate of drug-likeness (QED) is 0.844. The first-order valence-electron chi connectivity index (χ1n) is 6.31. The van der Waals surface area contributed by atoms with E-state index in [1.165, 1.54) is 20.3 Å². The third-order valence-electron chi connectivity index (χ3n) is 2.90. The molecule has 0 unspecified atom stereocenters. The smallest absolute Gasteiger partial charge is 0.244 e. The molecule has 1 aromatic carbocycles. The van der Waals surface area contributed by atoms with Crippen molar-refractivity contribution < 1.29 is 22.3 Å². The molecule has 0 aliphatic rings. The monoisotopic (exact) mass is 311 g/mol. The van der Waals surface area contributed by atoms with Crippen LogP contribution in [0.25, 0.3) is 0 Å². The summed E-state index contributed by atoms with van der Waals surface area (Å²) in [5.74, 6) is 1.43. The van der Waals surface area contributed by atoms with Gasteiger partial charge in [-0.2, -0.15) is 0 Å². The number of rotatable bonds is 7. The summed E-state index contributed by atoms with van der Waals surface area (Å²) in [4.78, 5) is 0.0452. The van der Waals surface area contributed by atoms with Gasteiger partial charge in [-0.1, -0.05) is 0 Å². The van der Waals surface area contributed by atoms with E-state index in [9.17, 15) is 8.42 Å². The van der Waals surface area contributed by atoms with Gasteiger partial charge in [0.2, 0.25) is 10.0 Å². The van der Waals surface area contributed by atoms with Gasteiger partial charge < -0.3 is 13.9 Å². The van der Waals surface area contributed by atoms with E-state index in [0.29, 0.717) is 12.2 Å². The second kappa shape index (κ2) is 6.64. The van der Waals surface area contributed by atoms with E-state index in [4.69, 9.17) is 13.9 Å². The van der Waals surface area contributed by atoms with Crippen molar-refractivity contribution in [1.29, 1.82) is 0 Å². The molecule has 0 radical (unpaired) electrons. The highest BCUT2D eigenvalue weighted by Crippen LogP contribution is 2.27. The van der Waals surface area contributed by atoms with Crippen molar-refractivity contribution in [3.05, 3.63) is 42.4 Å². The molecule has 0 atom stereocenters. The number of sulfonamides is 1. The standard InChI is InChI=1S/C14H17NO5S/c1-18-12-5-6-13(19-2)14(10-12)21(16,17)15-8-7-11-4-3-9-20-11/h3-6,9-10,15H,7-8H2,1-2H3. The molecule has 2 rings (SSSR count). The molecular weight excluding hydrogens is 294 g/mol. The van der Waals surface area contributed by atoms with Crippen LogP contribution in [0.2, 0.25) is 0 Å². The minimum Gasteiger partial charge on any atom is -0.497 e. The molecule has 7 heteroatoms. The maximum absolute atomic E-state index is 12.3. The first kappa shape index (κ1) is 15.4. The Morgan fingerprint density at radius 1 is 1.19 bits per heavy atom. The van der Waals surface area contributed by atoms with Crippen LogP contribution in [0.15, 0.2) is 45.9 Å². The second-order valence-corrected chi connectivity index (χ2v) is 5.98. The molecule has 0 spiro atoms. The van der Waals surface area contributed by atoms with Gasteiger partial charge >= 0.3 is 0 Å². The van der Waals surface area contributed by atoms with Gasteiger partial charge in [0, 0.05) is 19.0 Å². The molecule has 1 heterocycles. The number of benzene rings is 1. The van der Waals surface area contributed by atoms with E-state index in [1.54, 1.807) is 30.5 Å². The Labute approximate surface area is 123 Å². The van der Waals surface area contributed by atoms with Gasteiger partial charge in [0.15, 0.2) is 0 Å². The van der Waals surface area contributed by atoms with Crippen LogP contribution in [-0.2, 0) is 16.4 Å². The number of hydrogen-bond donors (Lipinski definition) is 1. The summed E-state index contributed by atoms with van der Waals surface area (Å²) in [6, 6.07) is 8.17. The fourth-order valence-electron chi connectivity index (χ4n) is 1.84. The first-order valence-corrected chi connectivity index (χ1v) is 7.79. The SMILES string of the molecule is COc1ccc(OC)c(S(=O)(=O)NCCc2ccco2)c1. The lowest BCUT2D eigenvalue weighted by molar-refractivity contribution is 0.392. The van der Waals surface area contributed by atoms with Gasteiger partial charge in [-0.3, -0.25) is 0 Å². The fraction of sp³-hybridized carbons (Fsp3) is 0.286. The summed E-state index contributed by atoms with van der Waals surface area (Å²) in [7, 11) is -0.790. The number of methoxy groups -OCH3 is 2. The van der Waals surface area contributed by atoms with E-state index in [2.05, 4.69) is 4.72 Å².